The standard InChI is InChI=1S/C11H10N2O3/c1-2-3-4-16-11-8(7(5-12)6-13)9(14)10(11)15/h12H,2-4H2,1H3. The molecule has 0 aliphatic rings. The summed E-state index contributed by atoms with van der Waals surface area (Å²) in [6.45, 7) is 2.29. The van der Waals surface area contributed by atoms with Gasteiger partial charge in [0.15, 0.2) is 5.75 Å². The summed E-state index contributed by atoms with van der Waals surface area (Å²) in [6, 6.07) is 1.63. The van der Waals surface area contributed by atoms with Gasteiger partial charge in [0.2, 0.25) is 5.43 Å². The van der Waals surface area contributed by atoms with Crippen molar-refractivity contribution in [3.8, 4) is 11.8 Å². The molecule has 0 saturated heterocycles. The van der Waals surface area contributed by atoms with E-state index in [0.717, 1.165) is 12.8 Å². The van der Waals surface area contributed by atoms with Crippen LogP contribution in [0.2, 0.25) is 0 Å². The molecular weight excluding hydrogens is 208 g/mol. The summed E-state index contributed by atoms with van der Waals surface area (Å²) < 4.78 is 5.11. The molecule has 0 spiro atoms. The Hall–Kier alpha value is -2.18. The highest BCUT2D eigenvalue weighted by Gasteiger charge is 2.25. The van der Waals surface area contributed by atoms with Crippen LogP contribution >= 0.6 is 0 Å². The molecule has 1 aromatic carbocycles. The smallest absolute Gasteiger partial charge is 0.269 e. The molecule has 0 aliphatic carbocycles. The molecule has 0 aliphatic heterocycles. The molecule has 5 heteroatoms. The molecule has 0 aromatic heterocycles. The van der Waals surface area contributed by atoms with E-state index in [2.05, 4.69) is 0 Å². The number of hydrogen-bond donors (Lipinski definition) is 1. The fourth-order valence-corrected chi connectivity index (χ4v) is 1.20. The number of nitriles is 1. The van der Waals surface area contributed by atoms with Crippen LogP contribution < -0.4 is 15.6 Å². The van der Waals surface area contributed by atoms with Gasteiger partial charge < -0.3 is 4.74 Å². The predicted molar refractivity (Wildman–Crippen MR) is 58.5 cm³/mol. The van der Waals surface area contributed by atoms with Crippen molar-refractivity contribution in [2.24, 2.45) is 0 Å². The molecule has 0 unspecified atom stereocenters. The monoisotopic (exact) mass is 218 g/mol. The molecule has 0 amide bonds. The highest BCUT2D eigenvalue weighted by molar-refractivity contribution is 5.98. The number of ether oxygens (including phenoxy) is 1. The van der Waals surface area contributed by atoms with Gasteiger partial charge in [0.1, 0.15) is 11.6 Å². The summed E-state index contributed by atoms with van der Waals surface area (Å²) in [4.78, 5) is 22.3. The van der Waals surface area contributed by atoms with Crippen molar-refractivity contribution >= 4 is 11.4 Å². The van der Waals surface area contributed by atoms with Gasteiger partial charge in [-0.1, -0.05) is 13.3 Å². The van der Waals surface area contributed by atoms with Crippen LogP contribution in [-0.2, 0) is 0 Å². The third kappa shape index (κ3) is 1.92. The number of rotatable bonds is 5. The molecule has 0 radical (unpaired) electrons. The maximum Gasteiger partial charge on any atom is 0.269 e. The molecule has 0 saturated carbocycles. The SMILES string of the molecule is CCCCOc1c(C(=C=N)C#N)c(=O)c1=O. The molecule has 0 fully saturated rings. The lowest BCUT2D eigenvalue weighted by molar-refractivity contribution is 0.302. The maximum absolute atomic E-state index is 11.2. The Morgan fingerprint density at radius 3 is 2.62 bits per heavy atom. The van der Waals surface area contributed by atoms with Crippen molar-refractivity contribution in [3.63, 3.8) is 0 Å². The third-order valence-electron chi connectivity index (χ3n) is 2.10. The molecule has 5 nitrogen and oxygen atoms in total. The summed E-state index contributed by atoms with van der Waals surface area (Å²) in [6.07, 6.45) is 1.66. The average molecular weight is 218 g/mol. The Kier molecular flexibility index (Phi) is 3.76. The fraction of sp³-hybridized carbons (Fsp3) is 0.364. The van der Waals surface area contributed by atoms with E-state index in [4.69, 9.17) is 15.4 Å². The largest absolute Gasteiger partial charge is 0.489 e. The molecule has 0 bridgehead atoms. The zero-order valence-corrected chi connectivity index (χ0v) is 8.79. The van der Waals surface area contributed by atoms with Gasteiger partial charge in [0.05, 0.1) is 12.2 Å². The highest BCUT2D eigenvalue weighted by atomic mass is 16.5. The number of unbranched alkanes of at least 4 members (excludes halogenated alkanes) is 1. The lowest BCUT2D eigenvalue weighted by atomic mass is 10.0. The van der Waals surface area contributed by atoms with Gasteiger partial charge in [-0.15, -0.1) is 0 Å². The van der Waals surface area contributed by atoms with Crippen molar-refractivity contribution in [1.29, 1.82) is 10.7 Å². The summed E-state index contributed by atoms with van der Waals surface area (Å²) >= 11 is 0. The Morgan fingerprint density at radius 1 is 1.44 bits per heavy atom. The second-order valence-corrected chi connectivity index (χ2v) is 3.18. The zero-order valence-electron chi connectivity index (χ0n) is 8.79. The van der Waals surface area contributed by atoms with Crippen LogP contribution in [0.3, 0.4) is 0 Å². The van der Waals surface area contributed by atoms with Gasteiger partial charge >= 0.3 is 0 Å². The van der Waals surface area contributed by atoms with E-state index in [-0.39, 0.29) is 16.9 Å². The minimum absolute atomic E-state index is 0.102. The predicted octanol–water partition coefficient (Wildman–Crippen LogP) is 0.617. The normalized spacial score (nSPS) is 9.50. The quantitative estimate of drug-likeness (QED) is 0.339. The van der Waals surface area contributed by atoms with Crippen molar-refractivity contribution in [2.45, 2.75) is 19.8 Å². The van der Waals surface area contributed by atoms with Crippen LogP contribution in [0.15, 0.2) is 9.59 Å². The van der Waals surface area contributed by atoms with Gasteiger partial charge in [0.25, 0.3) is 5.43 Å². The highest BCUT2D eigenvalue weighted by Crippen LogP contribution is 2.18. The van der Waals surface area contributed by atoms with E-state index in [1.54, 1.807) is 6.07 Å². The van der Waals surface area contributed by atoms with E-state index in [1.807, 2.05) is 12.8 Å². The molecule has 0 heterocycles. The first-order valence-electron chi connectivity index (χ1n) is 4.83. The Morgan fingerprint density at radius 2 is 2.12 bits per heavy atom. The molecule has 0 atom stereocenters. The second kappa shape index (κ2) is 5.06. The molecule has 82 valence electrons. The summed E-state index contributed by atoms with van der Waals surface area (Å²) in [5, 5.41) is 15.5. The van der Waals surface area contributed by atoms with E-state index < -0.39 is 10.9 Å². The second-order valence-electron chi connectivity index (χ2n) is 3.18. The first-order valence-corrected chi connectivity index (χ1v) is 4.83. The first-order chi connectivity index (χ1) is 7.67. The van der Waals surface area contributed by atoms with Crippen LogP contribution in [0.25, 0.3) is 5.57 Å². The Bertz CT molecular complexity index is 552. The maximum atomic E-state index is 11.2. The Balaban J connectivity index is 3.00. The van der Waals surface area contributed by atoms with Crippen molar-refractivity contribution in [2.75, 3.05) is 6.61 Å². The molecule has 1 rings (SSSR count). The average Bonchev–Trinajstić information content (AvgIpc) is 2.32. The van der Waals surface area contributed by atoms with Gasteiger partial charge in [-0.25, -0.2) is 0 Å². The molecule has 16 heavy (non-hydrogen) atoms. The van der Waals surface area contributed by atoms with Crippen molar-refractivity contribution in [1.82, 2.24) is 0 Å². The van der Waals surface area contributed by atoms with Gasteiger partial charge in [0, 0.05) is 0 Å². The van der Waals surface area contributed by atoms with E-state index in [0.29, 0.717) is 6.61 Å². The van der Waals surface area contributed by atoms with Crippen LogP contribution in [0.1, 0.15) is 25.3 Å². The summed E-state index contributed by atoms with van der Waals surface area (Å²) in [7, 11) is 0. The molecule has 1 N–H and O–H groups in total. The minimum atomic E-state index is -0.775. The van der Waals surface area contributed by atoms with Gasteiger partial charge in [-0.3, -0.25) is 15.0 Å². The van der Waals surface area contributed by atoms with Crippen LogP contribution in [0.5, 0.6) is 5.75 Å². The number of allylic oxidation sites excluding steroid dienone is 1. The van der Waals surface area contributed by atoms with Gasteiger partial charge in [-0.05, 0) is 12.3 Å². The zero-order chi connectivity index (χ0) is 12.1. The van der Waals surface area contributed by atoms with Crippen molar-refractivity contribution in [3.05, 3.63) is 26.0 Å². The van der Waals surface area contributed by atoms with Crippen LogP contribution in [-0.4, -0.2) is 12.5 Å². The Labute approximate surface area is 91.8 Å². The summed E-state index contributed by atoms with van der Waals surface area (Å²) in [5.74, 6) is 1.72. The number of nitrogens with one attached hydrogen (secondary N) is 1. The fourth-order valence-electron chi connectivity index (χ4n) is 1.20. The van der Waals surface area contributed by atoms with Crippen LogP contribution in [0, 0.1) is 16.7 Å². The number of hydrogen-bond acceptors (Lipinski definition) is 5. The van der Waals surface area contributed by atoms with Crippen molar-refractivity contribution < 1.29 is 4.74 Å². The van der Waals surface area contributed by atoms with Gasteiger partial charge in [-0.2, -0.15) is 5.26 Å². The minimum Gasteiger partial charge on any atom is -0.489 e. The summed E-state index contributed by atoms with van der Waals surface area (Å²) in [5.41, 5.74) is -1.87. The third-order valence-corrected chi connectivity index (χ3v) is 2.10. The molecular formula is C11H10N2O3. The number of nitrogens with zero attached hydrogens (tertiary/aromatic N) is 1. The van der Waals surface area contributed by atoms with E-state index in [1.165, 1.54) is 0 Å². The van der Waals surface area contributed by atoms with Crippen LogP contribution in [0.4, 0.5) is 0 Å². The molecule has 1 aromatic rings. The van der Waals surface area contributed by atoms with E-state index in [9.17, 15) is 9.59 Å². The first kappa shape index (κ1) is 11.9. The topological polar surface area (TPSA) is 91.0 Å². The lowest BCUT2D eigenvalue weighted by Gasteiger charge is -2.09. The lowest BCUT2D eigenvalue weighted by Crippen LogP contribution is -2.36. The van der Waals surface area contributed by atoms with E-state index >= 15 is 0 Å².